The van der Waals surface area contributed by atoms with E-state index in [1.54, 1.807) is 30.4 Å². The fraction of sp³-hybridized carbons (Fsp3) is 0.500. The number of thiazole rings is 1. The van der Waals surface area contributed by atoms with Gasteiger partial charge in [-0.25, -0.2) is 9.97 Å². The van der Waals surface area contributed by atoms with Crippen LogP contribution < -0.4 is 9.47 Å². The molecule has 1 fully saturated rings. The molecule has 4 rings (SSSR count). The van der Waals surface area contributed by atoms with Gasteiger partial charge in [-0.05, 0) is 57.1 Å². The zero-order valence-corrected chi connectivity index (χ0v) is 25.8. The normalized spacial score (nSPS) is 18.5. The molecule has 1 aliphatic carbocycles. The van der Waals surface area contributed by atoms with Crippen LogP contribution in [0.5, 0.6) is 11.5 Å². The Morgan fingerprint density at radius 1 is 1.15 bits per heavy atom. The van der Waals surface area contributed by atoms with Crippen molar-refractivity contribution in [3.63, 3.8) is 0 Å². The molecule has 0 spiro atoms. The minimum absolute atomic E-state index is 0.0463. The number of esters is 1. The van der Waals surface area contributed by atoms with Gasteiger partial charge < -0.3 is 19.1 Å². The van der Waals surface area contributed by atoms with Gasteiger partial charge in [-0.3, -0.25) is 9.59 Å². The van der Waals surface area contributed by atoms with E-state index >= 15 is 0 Å². The molecule has 1 amide bonds. The van der Waals surface area contributed by atoms with E-state index in [-0.39, 0.29) is 18.0 Å². The topological polar surface area (TPSA) is 90.9 Å². The van der Waals surface area contributed by atoms with Crippen molar-refractivity contribution >= 4 is 34.1 Å². The molecule has 2 aromatic heterocycles. The van der Waals surface area contributed by atoms with Crippen LogP contribution in [0.1, 0.15) is 63.1 Å². The maximum absolute atomic E-state index is 13.5. The van der Waals surface area contributed by atoms with Crippen molar-refractivity contribution in [2.24, 2.45) is 11.8 Å². The number of hydrogen-bond donors (Lipinski definition) is 0. The number of ether oxygens (including phenoxy) is 3. The van der Waals surface area contributed by atoms with Crippen LogP contribution in [0.3, 0.4) is 0 Å². The van der Waals surface area contributed by atoms with Gasteiger partial charge in [0.1, 0.15) is 28.3 Å². The summed E-state index contributed by atoms with van der Waals surface area (Å²) in [4.78, 5) is 37.8. The van der Waals surface area contributed by atoms with Gasteiger partial charge in [-0.1, -0.05) is 19.9 Å². The first kappa shape index (κ1) is 30.5. The van der Waals surface area contributed by atoms with Crippen LogP contribution in [0.4, 0.5) is 0 Å². The Bertz CT molecular complexity index is 1400. The summed E-state index contributed by atoms with van der Waals surface area (Å²) in [5.41, 5.74) is 3.41. The van der Waals surface area contributed by atoms with Crippen molar-refractivity contribution in [1.29, 1.82) is 0 Å². The van der Waals surface area contributed by atoms with Crippen molar-refractivity contribution in [1.82, 2.24) is 14.9 Å². The lowest BCUT2D eigenvalue weighted by Crippen LogP contribution is -2.37. The molecule has 8 nitrogen and oxygen atoms in total. The second-order valence-electron chi connectivity index (χ2n) is 11.0. The summed E-state index contributed by atoms with van der Waals surface area (Å²) in [6, 6.07) is 5.78. The third-order valence-electron chi connectivity index (χ3n) is 7.86. The average molecular weight is 580 g/mol. The van der Waals surface area contributed by atoms with Crippen LogP contribution in [0, 0.1) is 18.8 Å². The quantitative estimate of drug-likeness (QED) is 0.136. The Hall–Kier alpha value is -3.46. The van der Waals surface area contributed by atoms with Crippen LogP contribution in [0.2, 0.25) is 0 Å². The largest absolute Gasteiger partial charge is 0.496 e. The number of rotatable bonds is 12. The van der Waals surface area contributed by atoms with Gasteiger partial charge in [-0.2, -0.15) is 0 Å². The van der Waals surface area contributed by atoms with Crippen molar-refractivity contribution in [2.75, 3.05) is 27.8 Å². The molecule has 0 saturated heterocycles. The van der Waals surface area contributed by atoms with Crippen LogP contribution in [-0.2, 0) is 14.3 Å². The molecular weight excluding hydrogens is 538 g/mol. The second-order valence-corrected chi connectivity index (χ2v) is 11.9. The molecule has 0 radical (unpaired) electrons. The Kier molecular flexibility index (Phi) is 10.0. The Morgan fingerprint density at radius 3 is 2.56 bits per heavy atom. The first-order valence-electron chi connectivity index (χ1n) is 14.2. The molecule has 0 N–H and O–H groups in total. The summed E-state index contributed by atoms with van der Waals surface area (Å²) in [7, 11) is 4.82. The highest BCUT2D eigenvalue weighted by Crippen LogP contribution is 2.41. The van der Waals surface area contributed by atoms with Crippen molar-refractivity contribution < 1.29 is 23.8 Å². The standard InChI is InChI=1S/C32H41N3O5S/c1-8-9-10-11-14-35(5)31(36)23-15-21(16-24(23)32(37)39-7)40-28-17-25(30-34-26(18-41-30)19(2)3)33-29-20(4)27(38-6)13-12-22(28)29/h8,12-13,17-19,21,23-24H,1,9-11,14-16H2,2-7H3/t21-,23+,24+/m0/s1. The van der Waals surface area contributed by atoms with E-state index in [1.165, 1.54) is 7.11 Å². The van der Waals surface area contributed by atoms with Crippen LogP contribution in [0.15, 0.2) is 36.2 Å². The SMILES string of the molecule is C=CCCCCN(C)C(=O)[C@@H]1C[C@H](Oc2cc(-c3nc(C(C)C)cs3)nc3c(C)c(OC)ccc23)C[C@H]1C(=O)OC. The number of methoxy groups -OCH3 is 2. The van der Waals surface area contributed by atoms with Crippen molar-refractivity contribution in [3.8, 4) is 22.2 Å². The average Bonchev–Trinajstić information content (AvgIpc) is 3.63. The zero-order chi connectivity index (χ0) is 29.7. The van der Waals surface area contributed by atoms with Gasteiger partial charge in [0, 0.05) is 36.0 Å². The molecule has 1 aromatic carbocycles. The minimum Gasteiger partial charge on any atom is -0.496 e. The molecule has 2 heterocycles. The number of amides is 1. The van der Waals surface area contributed by atoms with Gasteiger partial charge in [0.2, 0.25) is 5.91 Å². The third-order valence-corrected chi connectivity index (χ3v) is 8.74. The second kappa shape index (κ2) is 13.5. The molecular formula is C32H41N3O5S. The molecule has 220 valence electrons. The van der Waals surface area contributed by atoms with Gasteiger partial charge in [0.05, 0.1) is 37.3 Å². The molecule has 1 saturated carbocycles. The molecule has 3 atom stereocenters. The summed E-state index contributed by atoms with van der Waals surface area (Å²) in [6.07, 6.45) is 5.14. The number of nitrogens with zero attached hydrogens (tertiary/aromatic N) is 3. The molecule has 0 aliphatic heterocycles. The summed E-state index contributed by atoms with van der Waals surface area (Å²) in [6.45, 7) is 10.6. The number of carbonyl (C=O) groups is 2. The lowest BCUT2D eigenvalue weighted by Gasteiger charge is -2.24. The molecule has 0 unspecified atom stereocenters. The van der Waals surface area contributed by atoms with Crippen LogP contribution >= 0.6 is 11.3 Å². The highest BCUT2D eigenvalue weighted by Gasteiger charge is 2.45. The third kappa shape index (κ3) is 6.72. The van der Waals surface area contributed by atoms with Crippen LogP contribution in [-0.4, -0.2) is 60.7 Å². The number of aryl methyl sites for hydroxylation is 1. The van der Waals surface area contributed by atoms with Gasteiger partial charge in [0.15, 0.2) is 0 Å². The maximum Gasteiger partial charge on any atom is 0.309 e. The molecule has 0 bridgehead atoms. The lowest BCUT2D eigenvalue weighted by atomic mass is 9.94. The highest BCUT2D eigenvalue weighted by atomic mass is 32.1. The first-order chi connectivity index (χ1) is 19.7. The van der Waals surface area contributed by atoms with Crippen molar-refractivity contribution in [3.05, 3.63) is 47.5 Å². The molecule has 3 aromatic rings. The number of hydrogen-bond acceptors (Lipinski definition) is 8. The van der Waals surface area contributed by atoms with Gasteiger partial charge in [0.25, 0.3) is 0 Å². The molecule has 41 heavy (non-hydrogen) atoms. The smallest absolute Gasteiger partial charge is 0.309 e. The van der Waals surface area contributed by atoms with E-state index in [1.807, 2.05) is 31.2 Å². The zero-order valence-electron chi connectivity index (χ0n) is 24.9. The Balaban J connectivity index is 1.66. The van der Waals surface area contributed by atoms with E-state index in [0.29, 0.717) is 31.1 Å². The highest BCUT2D eigenvalue weighted by molar-refractivity contribution is 7.13. The number of unbranched alkanes of at least 4 members (excludes halogenated alkanes) is 2. The van der Waals surface area contributed by atoms with Crippen LogP contribution in [0.25, 0.3) is 21.6 Å². The van der Waals surface area contributed by atoms with Crippen molar-refractivity contribution in [2.45, 2.75) is 64.9 Å². The van der Waals surface area contributed by atoms with Gasteiger partial charge in [-0.15, -0.1) is 17.9 Å². The van der Waals surface area contributed by atoms with Gasteiger partial charge >= 0.3 is 5.97 Å². The number of pyridine rings is 1. The van der Waals surface area contributed by atoms with E-state index in [9.17, 15) is 9.59 Å². The maximum atomic E-state index is 13.5. The van der Waals surface area contributed by atoms with E-state index in [4.69, 9.17) is 24.2 Å². The summed E-state index contributed by atoms with van der Waals surface area (Å²) >= 11 is 1.55. The fourth-order valence-corrected chi connectivity index (χ4v) is 6.40. The number of fused-ring (bicyclic) bond motifs is 1. The fourth-order valence-electron chi connectivity index (χ4n) is 5.46. The van der Waals surface area contributed by atoms with E-state index in [0.717, 1.165) is 57.9 Å². The summed E-state index contributed by atoms with van der Waals surface area (Å²) in [5, 5.41) is 3.72. The predicted molar refractivity (Wildman–Crippen MR) is 163 cm³/mol. The van der Waals surface area contributed by atoms with E-state index in [2.05, 4.69) is 25.8 Å². The summed E-state index contributed by atoms with van der Waals surface area (Å²) in [5.74, 6) is 0.213. The summed E-state index contributed by atoms with van der Waals surface area (Å²) < 4.78 is 17.3. The number of carbonyl (C=O) groups excluding carboxylic acids is 2. The minimum atomic E-state index is -0.560. The molecule has 1 aliphatic rings. The number of aromatic nitrogens is 2. The monoisotopic (exact) mass is 579 g/mol. The molecule has 9 heteroatoms. The first-order valence-corrected chi connectivity index (χ1v) is 15.1. The Labute approximate surface area is 246 Å². The lowest BCUT2D eigenvalue weighted by molar-refractivity contribution is -0.151. The number of allylic oxidation sites excluding steroid dienone is 1. The number of benzene rings is 1. The predicted octanol–water partition coefficient (Wildman–Crippen LogP) is 6.56. The Morgan fingerprint density at radius 2 is 1.90 bits per heavy atom. The van der Waals surface area contributed by atoms with E-state index < -0.39 is 11.8 Å².